The number of aromatic nitrogens is 1. The van der Waals surface area contributed by atoms with Gasteiger partial charge in [-0.15, -0.1) is 0 Å². The fraction of sp³-hybridized carbons (Fsp3) is 0.389. The van der Waals surface area contributed by atoms with Crippen LogP contribution >= 0.6 is 15.9 Å². The average molecular weight is 394 g/mol. The first-order valence-corrected chi connectivity index (χ1v) is 8.81. The molecule has 0 N–H and O–H groups in total. The zero-order chi connectivity index (χ0) is 16.9. The minimum absolute atomic E-state index is 0.149. The van der Waals surface area contributed by atoms with Gasteiger partial charge in [0.25, 0.3) is 0 Å². The summed E-state index contributed by atoms with van der Waals surface area (Å²) in [5.41, 5.74) is 1.95. The van der Waals surface area contributed by atoms with Crippen LogP contribution in [0.5, 0.6) is 5.88 Å². The second-order valence-corrected chi connectivity index (χ2v) is 6.83. The van der Waals surface area contributed by atoms with Crippen molar-refractivity contribution in [3.63, 3.8) is 0 Å². The summed E-state index contributed by atoms with van der Waals surface area (Å²) in [6, 6.07) is 9.47. The summed E-state index contributed by atoms with van der Waals surface area (Å²) in [5, 5.41) is 0. The predicted octanol–water partition coefficient (Wildman–Crippen LogP) is 3.31. The van der Waals surface area contributed by atoms with E-state index in [1.807, 2.05) is 24.3 Å². The molecule has 1 aliphatic heterocycles. The maximum absolute atomic E-state index is 14.1. The standard InChI is InChI=1S/C18H21BrFN3O/c1-24-17-11-14(5-6-21-17)12-22-7-9-23(10-8-22)13-15-3-2-4-16(19)18(15)20/h2-6,11H,7-10,12-13H2,1H3. The number of hydrogen-bond acceptors (Lipinski definition) is 4. The fourth-order valence-electron chi connectivity index (χ4n) is 2.94. The molecule has 0 aliphatic carbocycles. The number of piperazine rings is 1. The highest BCUT2D eigenvalue weighted by molar-refractivity contribution is 9.10. The van der Waals surface area contributed by atoms with Crippen molar-refractivity contribution in [1.29, 1.82) is 0 Å². The predicted molar refractivity (Wildman–Crippen MR) is 95.4 cm³/mol. The van der Waals surface area contributed by atoms with Gasteiger partial charge in [0, 0.05) is 57.1 Å². The first-order chi connectivity index (χ1) is 11.7. The monoisotopic (exact) mass is 393 g/mol. The minimum Gasteiger partial charge on any atom is -0.481 e. The number of halogens is 2. The number of hydrogen-bond donors (Lipinski definition) is 0. The van der Waals surface area contributed by atoms with Crippen LogP contribution in [0.4, 0.5) is 4.39 Å². The topological polar surface area (TPSA) is 28.6 Å². The maximum atomic E-state index is 14.1. The van der Waals surface area contributed by atoms with Gasteiger partial charge in [-0.05, 0) is 33.6 Å². The summed E-state index contributed by atoms with van der Waals surface area (Å²) in [5.74, 6) is 0.500. The van der Waals surface area contributed by atoms with Crippen LogP contribution in [-0.2, 0) is 13.1 Å². The highest BCUT2D eigenvalue weighted by atomic mass is 79.9. The van der Waals surface area contributed by atoms with E-state index in [9.17, 15) is 4.39 Å². The Balaban J connectivity index is 1.53. The number of pyridine rings is 1. The Morgan fingerprint density at radius 1 is 1.12 bits per heavy atom. The Morgan fingerprint density at radius 2 is 1.83 bits per heavy atom. The lowest BCUT2D eigenvalue weighted by Gasteiger charge is -2.34. The molecule has 0 unspecified atom stereocenters. The second kappa shape index (κ2) is 8.05. The Hall–Kier alpha value is -1.50. The van der Waals surface area contributed by atoms with Crippen LogP contribution < -0.4 is 4.74 Å². The molecule has 0 atom stereocenters. The van der Waals surface area contributed by atoms with Crippen LogP contribution in [0, 0.1) is 5.82 Å². The van der Waals surface area contributed by atoms with E-state index in [0.29, 0.717) is 16.9 Å². The van der Waals surface area contributed by atoms with Gasteiger partial charge >= 0.3 is 0 Å². The van der Waals surface area contributed by atoms with E-state index in [1.165, 1.54) is 5.56 Å². The summed E-state index contributed by atoms with van der Waals surface area (Å²) >= 11 is 3.25. The molecule has 1 fully saturated rings. The van der Waals surface area contributed by atoms with Crippen molar-refractivity contribution >= 4 is 15.9 Å². The van der Waals surface area contributed by atoms with E-state index >= 15 is 0 Å². The number of benzene rings is 1. The van der Waals surface area contributed by atoms with Crippen molar-refractivity contribution in [3.05, 3.63) is 57.9 Å². The van der Waals surface area contributed by atoms with Crippen molar-refractivity contribution < 1.29 is 9.13 Å². The minimum atomic E-state index is -0.149. The van der Waals surface area contributed by atoms with Gasteiger partial charge in [0.05, 0.1) is 11.6 Å². The number of nitrogens with zero attached hydrogens (tertiary/aromatic N) is 3. The third kappa shape index (κ3) is 4.32. The van der Waals surface area contributed by atoms with Crippen LogP contribution in [0.1, 0.15) is 11.1 Å². The van der Waals surface area contributed by atoms with E-state index in [-0.39, 0.29) is 5.82 Å². The quantitative estimate of drug-likeness (QED) is 0.778. The summed E-state index contributed by atoms with van der Waals surface area (Å²) in [6.07, 6.45) is 1.78. The van der Waals surface area contributed by atoms with E-state index in [4.69, 9.17) is 4.74 Å². The number of rotatable bonds is 5. The van der Waals surface area contributed by atoms with Gasteiger partial charge in [0.2, 0.25) is 5.88 Å². The van der Waals surface area contributed by atoms with E-state index in [2.05, 4.69) is 30.7 Å². The third-order valence-corrected chi connectivity index (χ3v) is 4.92. The largest absolute Gasteiger partial charge is 0.481 e. The van der Waals surface area contributed by atoms with Gasteiger partial charge in [-0.25, -0.2) is 9.37 Å². The first kappa shape index (κ1) is 17.3. The highest BCUT2D eigenvalue weighted by Crippen LogP contribution is 2.20. The van der Waals surface area contributed by atoms with Gasteiger partial charge in [-0.3, -0.25) is 9.80 Å². The molecule has 2 heterocycles. The number of methoxy groups -OCH3 is 1. The van der Waals surface area contributed by atoms with E-state index in [1.54, 1.807) is 19.4 Å². The molecule has 0 spiro atoms. The zero-order valence-corrected chi connectivity index (χ0v) is 15.3. The van der Waals surface area contributed by atoms with Crippen LogP contribution in [-0.4, -0.2) is 48.1 Å². The van der Waals surface area contributed by atoms with Crippen LogP contribution in [0.2, 0.25) is 0 Å². The van der Waals surface area contributed by atoms with Gasteiger partial charge in [0.1, 0.15) is 5.82 Å². The van der Waals surface area contributed by atoms with Gasteiger partial charge in [0.15, 0.2) is 0 Å². The lowest BCUT2D eigenvalue weighted by atomic mass is 10.1. The molecule has 4 nitrogen and oxygen atoms in total. The van der Waals surface area contributed by atoms with Crippen LogP contribution in [0.15, 0.2) is 41.0 Å². The van der Waals surface area contributed by atoms with Gasteiger partial charge in [-0.2, -0.15) is 0 Å². The molecule has 1 saturated heterocycles. The van der Waals surface area contributed by atoms with Crippen molar-refractivity contribution in [2.75, 3.05) is 33.3 Å². The van der Waals surface area contributed by atoms with E-state index in [0.717, 1.165) is 38.3 Å². The Kier molecular flexibility index (Phi) is 5.81. The number of ether oxygens (including phenoxy) is 1. The average Bonchev–Trinajstić information content (AvgIpc) is 2.61. The van der Waals surface area contributed by atoms with Crippen LogP contribution in [0.3, 0.4) is 0 Å². The Bertz CT molecular complexity index is 690. The Morgan fingerprint density at radius 3 is 2.54 bits per heavy atom. The summed E-state index contributed by atoms with van der Waals surface area (Å²) in [4.78, 5) is 8.84. The van der Waals surface area contributed by atoms with Crippen molar-refractivity contribution in [3.8, 4) is 5.88 Å². The summed E-state index contributed by atoms with van der Waals surface area (Å²) in [6.45, 7) is 5.36. The molecule has 128 valence electrons. The fourth-order valence-corrected chi connectivity index (χ4v) is 3.34. The molecular weight excluding hydrogens is 373 g/mol. The Labute approximate surface area is 150 Å². The maximum Gasteiger partial charge on any atom is 0.213 e. The molecule has 0 amide bonds. The van der Waals surface area contributed by atoms with E-state index < -0.39 is 0 Å². The molecule has 0 radical (unpaired) electrons. The third-order valence-electron chi connectivity index (χ3n) is 4.31. The molecular formula is C18H21BrFN3O. The SMILES string of the molecule is COc1cc(CN2CCN(Cc3cccc(Br)c3F)CC2)ccn1. The van der Waals surface area contributed by atoms with Crippen molar-refractivity contribution in [1.82, 2.24) is 14.8 Å². The molecule has 1 aromatic heterocycles. The lowest BCUT2D eigenvalue weighted by molar-refractivity contribution is 0.121. The normalized spacial score (nSPS) is 16.3. The molecule has 3 rings (SSSR count). The van der Waals surface area contributed by atoms with Crippen molar-refractivity contribution in [2.45, 2.75) is 13.1 Å². The van der Waals surface area contributed by atoms with Gasteiger partial charge in [-0.1, -0.05) is 12.1 Å². The highest BCUT2D eigenvalue weighted by Gasteiger charge is 2.18. The van der Waals surface area contributed by atoms with Gasteiger partial charge < -0.3 is 4.74 Å². The molecule has 0 bridgehead atoms. The lowest BCUT2D eigenvalue weighted by Crippen LogP contribution is -2.45. The molecule has 6 heteroatoms. The van der Waals surface area contributed by atoms with Crippen molar-refractivity contribution in [2.24, 2.45) is 0 Å². The zero-order valence-electron chi connectivity index (χ0n) is 13.7. The molecule has 2 aromatic rings. The molecule has 0 saturated carbocycles. The first-order valence-electron chi connectivity index (χ1n) is 8.02. The summed E-state index contributed by atoms with van der Waals surface area (Å²) < 4.78 is 19.8. The molecule has 1 aromatic carbocycles. The smallest absolute Gasteiger partial charge is 0.213 e. The molecule has 24 heavy (non-hydrogen) atoms. The van der Waals surface area contributed by atoms with Crippen LogP contribution in [0.25, 0.3) is 0 Å². The summed E-state index contributed by atoms with van der Waals surface area (Å²) in [7, 11) is 1.63. The molecule has 1 aliphatic rings. The second-order valence-electron chi connectivity index (χ2n) is 5.97.